The van der Waals surface area contributed by atoms with Gasteiger partial charge >= 0.3 is 0 Å². The molecule has 0 bridgehead atoms. The molecule has 1 N–H and O–H groups in total. The van der Waals surface area contributed by atoms with Crippen LogP contribution in [0.1, 0.15) is 33.1 Å². The van der Waals surface area contributed by atoms with Gasteiger partial charge in [-0.1, -0.05) is 13.8 Å². The van der Waals surface area contributed by atoms with Crippen LogP contribution in [0.15, 0.2) is 0 Å². The zero-order valence-electron chi connectivity index (χ0n) is 11.7. The Morgan fingerprint density at radius 2 is 1.76 bits per heavy atom. The molecule has 1 atom stereocenters. The molecule has 0 amide bonds. The second-order valence-corrected chi connectivity index (χ2v) is 4.09. The van der Waals surface area contributed by atoms with E-state index in [2.05, 4.69) is 19.2 Å². The number of rotatable bonds is 13. The van der Waals surface area contributed by atoms with Crippen LogP contribution in [0.25, 0.3) is 0 Å². The summed E-state index contributed by atoms with van der Waals surface area (Å²) < 4.78 is 15.9. The Labute approximate surface area is 106 Å². The minimum Gasteiger partial charge on any atom is -0.382 e. The second-order valence-electron chi connectivity index (χ2n) is 4.09. The fourth-order valence-electron chi connectivity index (χ4n) is 1.40. The molecule has 104 valence electrons. The van der Waals surface area contributed by atoms with Crippen LogP contribution in [0, 0.1) is 0 Å². The topological polar surface area (TPSA) is 39.7 Å². The average Bonchev–Trinajstić information content (AvgIpc) is 2.36. The van der Waals surface area contributed by atoms with Crippen LogP contribution < -0.4 is 5.32 Å². The minimum absolute atomic E-state index is 0.490. The molecular formula is C13H29NO3. The molecule has 4 heteroatoms. The van der Waals surface area contributed by atoms with Crippen molar-refractivity contribution in [2.75, 3.05) is 46.7 Å². The lowest BCUT2D eigenvalue weighted by Crippen LogP contribution is -2.33. The van der Waals surface area contributed by atoms with Gasteiger partial charge in [0.2, 0.25) is 0 Å². The zero-order chi connectivity index (χ0) is 12.8. The predicted molar refractivity (Wildman–Crippen MR) is 70.5 cm³/mol. The number of nitrogens with one attached hydrogen (secondary N) is 1. The third-order valence-electron chi connectivity index (χ3n) is 2.50. The fourth-order valence-corrected chi connectivity index (χ4v) is 1.40. The normalized spacial score (nSPS) is 12.9. The van der Waals surface area contributed by atoms with E-state index in [4.69, 9.17) is 14.2 Å². The zero-order valence-corrected chi connectivity index (χ0v) is 11.7. The van der Waals surface area contributed by atoms with E-state index in [1.54, 1.807) is 7.11 Å². The van der Waals surface area contributed by atoms with E-state index in [9.17, 15) is 0 Å². The maximum absolute atomic E-state index is 5.62. The van der Waals surface area contributed by atoms with Crippen molar-refractivity contribution in [3.63, 3.8) is 0 Å². The first-order valence-corrected chi connectivity index (χ1v) is 6.72. The van der Waals surface area contributed by atoms with Gasteiger partial charge in [-0.3, -0.25) is 0 Å². The Morgan fingerprint density at radius 1 is 1.00 bits per heavy atom. The van der Waals surface area contributed by atoms with Gasteiger partial charge < -0.3 is 19.5 Å². The van der Waals surface area contributed by atoms with Crippen molar-refractivity contribution in [1.82, 2.24) is 5.32 Å². The Morgan fingerprint density at radius 3 is 2.41 bits per heavy atom. The molecule has 0 saturated heterocycles. The molecule has 1 unspecified atom stereocenters. The van der Waals surface area contributed by atoms with E-state index in [0.717, 1.165) is 39.2 Å². The molecule has 17 heavy (non-hydrogen) atoms. The van der Waals surface area contributed by atoms with E-state index >= 15 is 0 Å². The molecule has 0 saturated carbocycles. The third kappa shape index (κ3) is 12.1. The van der Waals surface area contributed by atoms with Crippen molar-refractivity contribution in [3.05, 3.63) is 0 Å². The van der Waals surface area contributed by atoms with E-state index < -0.39 is 0 Å². The summed E-state index contributed by atoms with van der Waals surface area (Å²) in [5, 5.41) is 3.47. The van der Waals surface area contributed by atoms with Gasteiger partial charge in [0.05, 0.1) is 19.8 Å². The first kappa shape index (κ1) is 16.8. The third-order valence-corrected chi connectivity index (χ3v) is 2.50. The summed E-state index contributed by atoms with van der Waals surface area (Å²) in [5.74, 6) is 0. The van der Waals surface area contributed by atoms with Crippen molar-refractivity contribution in [1.29, 1.82) is 0 Å². The van der Waals surface area contributed by atoms with Crippen molar-refractivity contribution in [2.45, 2.75) is 39.2 Å². The summed E-state index contributed by atoms with van der Waals surface area (Å²) >= 11 is 0. The molecule has 0 heterocycles. The summed E-state index contributed by atoms with van der Waals surface area (Å²) in [6.07, 6.45) is 3.24. The fraction of sp³-hybridized carbons (Fsp3) is 1.00. The Hall–Kier alpha value is -0.160. The summed E-state index contributed by atoms with van der Waals surface area (Å²) in [6, 6.07) is 0.490. The molecule has 0 aliphatic rings. The Bertz CT molecular complexity index is 145. The molecule has 0 spiro atoms. The van der Waals surface area contributed by atoms with Gasteiger partial charge in [-0.25, -0.2) is 0 Å². The molecule has 0 aromatic heterocycles. The van der Waals surface area contributed by atoms with E-state index in [-0.39, 0.29) is 0 Å². The SMILES string of the molecule is CCCNC(CC)COCCCOCCOC. The van der Waals surface area contributed by atoms with E-state index in [1.165, 1.54) is 6.42 Å². The highest BCUT2D eigenvalue weighted by molar-refractivity contribution is 4.62. The average molecular weight is 247 g/mol. The van der Waals surface area contributed by atoms with E-state index in [0.29, 0.717) is 19.3 Å². The summed E-state index contributed by atoms with van der Waals surface area (Å²) in [6.45, 7) is 9.10. The molecule has 0 radical (unpaired) electrons. The van der Waals surface area contributed by atoms with Crippen LogP contribution >= 0.6 is 0 Å². The molecule has 0 rings (SSSR count). The Balaban J connectivity index is 3.19. The molecule has 0 aromatic rings. The van der Waals surface area contributed by atoms with Gasteiger partial charge in [0.1, 0.15) is 0 Å². The second kappa shape index (κ2) is 13.9. The summed E-state index contributed by atoms with van der Waals surface area (Å²) in [7, 11) is 1.68. The first-order valence-electron chi connectivity index (χ1n) is 6.72. The lowest BCUT2D eigenvalue weighted by Gasteiger charge is -2.16. The quantitative estimate of drug-likeness (QED) is 0.504. The van der Waals surface area contributed by atoms with Crippen LogP contribution in [0.5, 0.6) is 0 Å². The number of methoxy groups -OCH3 is 1. The van der Waals surface area contributed by atoms with Gasteiger partial charge in [0.25, 0.3) is 0 Å². The molecule has 0 aliphatic carbocycles. The van der Waals surface area contributed by atoms with Crippen LogP contribution in [0.2, 0.25) is 0 Å². The van der Waals surface area contributed by atoms with Gasteiger partial charge in [-0.2, -0.15) is 0 Å². The molecule has 0 aliphatic heterocycles. The number of ether oxygens (including phenoxy) is 3. The van der Waals surface area contributed by atoms with E-state index in [1.807, 2.05) is 0 Å². The highest BCUT2D eigenvalue weighted by Gasteiger charge is 2.03. The monoisotopic (exact) mass is 247 g/mol. The van der Waals surface area contributed by atoms with Crippen molar-refractivity contribution >= 4 is 0 Å². The van der Waals surface area contributed by atoms with Gasteiger partial charge in [-0.15, -0.1) is 0 Å². The number of hydrogen-bond donors (Lipinski definition) is 1. The predicted octanol–water partition coefficient (Wildman–Crippen LogP) is 1.83. The smallest absolute Gasteiger partial charge is 0.0700 e. The van der Waals surface area contributed by atoms with Crippen LogP contribution in [-0.4, -0.2) is 52.7 Å². The highest BCUT2D eigenvalue weighted by atomic mass is 16.5. The molecule has 0 fully saturated rings. The maximum atomic E-state index is 5.62. The van der Waals surface area contributed by atoms with Crippen LogP contribution in [0.3, 0.4) is 0 Å². The lowest BCUT2D eigenvalue weighted by molar-refractivity contribution is 0.0473. The summed E-state index contributed by atoms with van der Waals surface area (Å²) in [4.78, 5) is 0. The lowest BCUT2D eigenvalue weighted by atomic mass is 10.2. The maximum Gasteiger partial charge on any atom is 0.0700 e. The molecule has 0 aromatic carbocycles. The molecular weight excluding hydrogens is 218 g/mol. The van der Waals surface area contributed by atoms with Gasteiger partial charge in [0.15, 0.2) is 0 Å². The highest BCUT2D eigenvalue weighted by Crippen LogP contribution is 1.94. The first-order chi connectivity index (χ1) is 8.35. The van der Waals surface area contributed by atoms with Crippen molar-refractivity contribution in [3.8, 4) is 0 Å². The van der Waals surface area contributed by atoms with Crippen LogP contribution in [-0.2, 0) is 14.2 Å². The standard InChI is InChI=1S/C13H29NO3/c1-4-7-14-13(5-2)12-17-9-6-8-16-11-10-15-3/h13-14H,4-12H2,1-3H3. The summed E-state index contributed by atoms with van der Waals surface area (Å²) in [5.41, 5.74) is 0. The molecule has 4 nitrogen and oxygen atoms in total. The Kier molecular flexibility index (Phi) is 13.8. The number of hydrogen-bond acceptors (Lipinski definition) is 4. The van der Waals surface area contributed by atoms with Crippen LogP contribution in [0.4, 0.5) is 0 Å². The van der Waals surface area contributed by atoms with Crippen molar-refractivity contribution < 1.29 is 14.2 Å². The minimum atomic E-state index is 0.490. The largest absolute Gasteiger partial charge is 0.382 e. The van der Waals surface area contributed by atoms with Crippen molar-refractivity contribution in [2.24, 2.45) is 0 Å². The van der Waals surface area contributed by atoms with Gasteiger partial charge in [0, 0.05) is 26.4 Å². The van der Waals surface area contributed by atoms with Gasteiger partial charge in [-0.05, 0) is 25.8 Å².